The zero-order valence-electron chi connectivity index (χ0n) is 16.0. The molecule has 2 saturated heterocycles. The predicted octanol–water partition coefficient (Wildman–Crippen LogP) is 2.43. The average molecular weight is 356 g/mol. The van der Waals surface area contributed by atoms with E-state index in [1.807, 2.05) is 24.8 Å². The van der Waals surface area contributed by atoms with Gasteiger partial charge in [-0.25, -0.2) is 4.98 Å². The molecule has 6 nitrogen and oxygen atoms in total. The van der Waals surface area contributed by atoms with E-state index in [-0.39, 0.29) is 11.3 Å². The Bertz CT molecular complexity index is 727. The number of hydrogen-bond acceptors (Lipinski definition) is 5. The Morgan fingerprint density at radius 1 is 1.35 bits per heavy atom. The van der Waals surface area contributed by atoms with Crippen LogP contribution < -0.4 is 4.90 Å². The molecular formula is C20H28N4O2. The third-order valence-corrected chi connectivity index (χ3v) is 5.69. The molecule has 1 aromatic heterocycles. The molecule has 1 atom stereocenters. The number of nitriles is 1. The summed E-state index contributed by atoms with van der Waals surface area (Å²) in [5.74, 6) is 1.01. The Morgan fingerprint density at radius 2 is 2.15 bits per heavy atom. The second-order valence-electron chi connectivity index (χ2n) is 7.58. The average Bonchev–Trinajstić information content (AvgIpc) is 3.03. The molecule has 3 heterocycles. The summed E-state index contributed by atoms with van der Waals surface area (Å²) in [6.45, 7) is 7.63. The number of anilines is 1. The van der Waals surface area contributed by atoms with Crippen molar-refractivity contribution in [1.29, 1.82) is 5.26 Å². The summed E-state index contributed by atoms with van der Waals surface area (Å²) in [5.41, 5.74) is 2.17. The number of rotatable bonds is 5. The first-order chi connectivity index (χ1) is 12.5. The first-order valence-corrected chi connectivity index (χ1v) is 9.42. The molecule has 0 N–H and O–H groups in total. The lowest BCUT2D eigenvalue weighted by Gasteiger charge is -2.39. The van der Waals surface area contributed by atoms with Crippen molar-refractivity contribution >= 4 is 11.7 Å². The number of hydrogen-bond donors (Lipinski definition) is 0. The molecular weight excluding hydrogens is 328 g/mol. The number of pyridine rings is 1. The lowest BCUT2D eigenvalue weighted by molar-refractivity contribution is -0.145. The Hall–Kier alpha value is -2.13. The van der Waals surface area contributed by atoms with Gasteiger partial charge in [0.25, 0.3) is 0 Å². The highest BCUT2D eigenvalue weighted by atomic mass is 16.5. The van der Waals surface area contributed by atoms with E-state index < -0.39 is 0 Å². The number of methoxy groups -OCH3 is 1. The molecule has 1 aromatic rings. The highest BCUT2D eigenvalue weighted by Crippen LogP contribution is 2.42. The van der Waals surface area contributed by atoms with E-state index in [9.17, 15) is 10.1 Å². The minimum Gasteiger partial charge on any atom is -0.385 e. The summed E-state index contributed by atoms with van der Waals surface area (Å²) in [6.07, 6.45) is 3.68. The van der Waals surface area contributed by atoms with Gasteiger partial charge in [-0.15, -0.1) is 0 Å². The van der Waals surface area contributed by atoms with Gasteiger partial charge in [-0.05, 0) is 51.2 Å². The lowest BCUT2D eigenvalue weighted by atomic mass is 9.78. The first-order valence-electron chi connectivity index (χ1n) is 9.42. The van der Waals surface area contributed by atoms with Crippen LogP contribution in [0.2, 0.25) is 0 Å². The molecule has 1 spiro atoms. The van der Waals surface area contributed by atoms with Crippen LogP contribution in [0.4, 0.5) is 5.82 Å². The maximum Gasteiger partial charge on any atom is 0.230 e. The van der Waals surface area contributed by atoms with Gasteiger partial charge in [0, 0.05) is 45.6 Å². The van der Waals surface area contributed by atoms with Crippen LogP contribution in [0.5, 0.6) is 0 Å². The fraction of sp³-hybridized carbons (Fsp3) is 0.650. The fourth-order valence-electron chi connectivity index (χ4n) is 4.38. The number of aromatic nitrogens is 1. The molecule has 1 unspecified atom stereocenters. The highest BCUT2D eigenvalue weighted by Gasteiger charge is 2.48. The third kappa shape index (κ3) is 3.41. The Balaban J connectivity index is 1.79. The van der Waals surface area contributed by atoms with Crippen LogP contribution >= 0.6 is 0 Å². The van der Waals surface area contributed by atoms with Crippen LogP contribution in [-0.2, 0) is 9.53 Å². The smallest absolute Gasteiger partial charge is 0.230 e. The van der Waals surface area contributed by atoms with Crippen molar-refractivity contribution in [3.8, 4) is 6.07 Å². The largest absolute Gasteiger partial charge is 0.385 e. The first kappa shape index (κ1) is 18.7. The maximum atomic E-state index is 13.2. The lowest BCUT2D eigenvalue weighted by Crippen LogP contribution is -2.50. The third-order valence-electron chi connectivity index (χ3n) is 5.69. The van der Waals surface area contributed by atoms with Crippen LogP contribution in [0.3, 0.4) is 0 Å². The van der Waals surface area contributed by atoms with Gasteiger partial charge in [0.15, 0.2) is 0 Å². The molecule has 0 aliphatic carbocycles. The molecule has 2 aliphatic heterocycles. The minimum atomic E-state index is -0.322. The van der Waals surface area contributed by atoms with Gasteiger partial charge < -0.3 is 14.5 Å². The van der Waals surface area contributed by atoms with E-state index in [4.69, 9.17) is 4.74 Å². The molecule has 2 aliphatic rings. The van der Waals surface area contributed by atoms with Crippen molar-refractivity contribution in [1.82, 2.24) is 9.88 Å². The molecule has 3 rings (SSSR count). The van der Waals surface area contributed by atoms with Crippen LogP contribution in [0, 0.1) is 30.6 Å². The van der Waals surface area contributed by atoms with Crippen molar-refractivity contribution in [2.24, 2.45) is 5.41 Å². The van der Waals surface area contributed by atoms with Gasteiger partial charge in [-0.3, -0.25) is 4.79 Å². The van der Waals surface area contributed by atoms with Crippen LogP contribution in [0.25, 0.3) is 0 Å². The van der Waals surface area contributed by atoms with E-state index in [1.165, 1.54) is 0 Å². The van der Waals surface area contributed by atoms with Crippen molar-refractivity contribution < 1.29 is 9.53 Å². The van der Waals surface area contributed by atoms with E-state index in [1.54, 1.807) is 7.11 Å². The quantitative estimate of drug-likeness (QED) is 0.758. The summed E-state index contributed by atoms with van der Waals surface area (Å²) >= 11 is 0. The molecule has 6 heteroatoms. The normalized spacial score (nSPS) is 22.9. The number of carbonyl (C=O) groups excluding carboxylic acids is 1. The number of likely N-dealkylation sites (tertiary alicyclic amines) is 1. The van der Waals surface area contributed by atoms with Crippen LogP contribution in [0.15, 0.2) is 6.07 Å². The number of nitrogens with zero attached hydrogens (tertiary/aromatic N) is 4. The van der Waals surface area contributed by atoms with E-state index >= 15 is 0 Å². The number of ether oxygens (including phenoxy) is 1. The molecule has 0 aromatic carbocycles. The number of amides is 1. The molecule has 140 valence electrons. The Morgan fingerprint density at radius 3 is 2.88 bits per heavy atom. The molecule has 0 radical (unpaired) electrons. The number of carbonyl (C=O) groups is 1. The highest BCUT2D eigenvalue weighted by molar-refractivity contribution is 5.85. The van der Waals surface area contributed by atoms with Gasteiger partial charge in [-0.1, -0.05) is 0 Å². The Labute approximate surface area is 155 Å². The van der Waals surface area contributed by atoms with Gasteiger partial charge in [0.2, 0.25) is 5.91 Å². The standard InChI is InChI=1S/C20H28N4O2/c1-15-12-16(2)22-18(17(15)13-21)24-10-7-20(14-24)6-4-8-23(19(20)25)9-5-11-26-3/h12H,4-11,14H2,1-3H3. The molecule has 0 bridgehead atoms. The molecule has 0 saturated carbocycles. The molecule has 26 heavy (non-hydrogen) atoms. The fourth-order valence-corrected chi connectivity index (χ4v) is 4.38. The van der Waals surface area contributed by atoms with Crippen molar-refractivity contribution in [2.45, 2.75) is 39.5 Å². The van der Waals surface area contributed by atoms with Crippen molar-refractivity contribution in [2.75, 3.05) is 44.8 Å². The van der Waals surface area contributed by atoms with Gasteiger partial charge in [0.05, 0.1) is 11.0 Å². The number of aryl methyl sites for hydroxylation is 2. The maximum absolute atomic E-state index is 13.2. The van der Waals surface area contributed by atoms with Crippen LogP contribution in [-0.4, -0.2) is 55.7 Å². The zero-order valence-corrected chi connectivity index (χ0v) is 16.0. The van der Waals surface area contributed by atoms with Crippen molar-refractivity contribution in [3.63, 3.8) is 0 Å². The van der Waals surface area contributed by atoms with E-state index in [0.29, 0.717) is 18.7 Å². The molecule has 1 amide bonds. The summed E-state index contributed by atoms with van der Waals surface area (Å²) in [4.78, 5) is 22.0. The second-order valence-corrected chi connectivity index (χ2v) is 7.58. The topological polar surface area (TPSA) is 69.5 Å². The monoisotopic (exact) mass is 356 g/mol. The van der Waals surface area contributed by atoms with Crippen molar-refractivity contribution in [3.05, 3.63) is 22.9 Å². The van der Waals surface area contributed by atoms with Gasteiger partial charge in [0.1, 0.15) is 11.9 Å². The summed E-state index contributed by atoms with van der Waals surface area (Å²) < 4.78 is 5.12. The summed E-state index contributed by atoms with van der Waals surface area (Å²) in [5, 5.41) is 9.56. The van der Waals surface area contributed by atoms with Crippen LogP contribution in [0.1, 0.15) is 42.5 Å². The molecule has 2 fully saturated rings. The van der Waals surface area contributed by atoms with E-state index in [0.717, 1.165) is 62.4 Å². The zero-order chi connectivity index (χ0) is 18.7. The van der Waals surface area contributed by atoms with E-state index in [2.05, 4.69) is 16.0 Å². The van der Waals surface area contributed by atoms with Gasteiger partial charge >= 0.3 is 0 Å². The minimum absolute atomic E-state index is 0.269. The SMILES string of the molecule is COCCCN1CCCC2(CCN(c3nc(C)cc(C)c3C#N)C2)C1=O. The summed E-state index contributed by atoms with van der Waals surface area (Å²) in [6, 6.07) is 4.24. The number of piperidine rings is 1. The second kappa shape index (κ2) is 7.63. The van der Waals surface area contributed by atoms with Gasteiger partial charge in [-0.2, -0.15) is 5.26 Å². The Kier molecular flexibility index (Phi) is 5.47. The predicted molar refractivity (Wildman–Crippen MR) is 100.0 cm³/mol. The summed E-state index contributed by atoms with van der Waals surface area (Å²) in [7, 11) is 1.69.